The van der Waals surface area contributed by atoms with Crippen LogP contribution in [0.1, 0.15) is 72.9 Å². The van der Waals surface area contributed by atoms with Gasteiger partial charge in [-0.15, -0.1) is 5.10 Å². The third-order valence-corrected chi connectivity index (χ3v) is 9.31. The van der Waals surface area contributed by atoms with Crippen molar-refractivity contribution < 1.29 is 18.7 Å². The van der Waals surface area contributed by atoms with E-state index >= 15 is 0 Å². The molecule has 1 fully saturated rings. The van der Waals surface area contributed by atoms with Crippen molar-refractivity contribution in [2.75, 3.05) is 37.8 Å². The van der Waals surface area contributed by atoms with Gasteiger partial charge in [-0.25, -0.2) is 13.9 Å². The van der Waals surface area contributed by atoms with Gasteiger partial charge in [0.1, 0.15) is 23.2 Å². The van der Waals surface area contributed by atoms with Crippen LogP contribution in [0.25, 0.3) is 10.9 Å². The maximum absolute atomic E-state index is 14.0. The van der Waals surface area contributed by atoms with Gasteiger partial charge in [0.2, 0.25) is 0 Å². The number of aromatic nitrogens is 4. The lowest BCUT2D eigenvalue weighted by Gasteiger charge is -2.33. The number of nitriles is 1. The van der Waals surface area contributed by atoms with E-state index in [-0.39, 0.29) is 28.6 Å². The van der Waals surface area contributed by atoms with Crippen molar-refractivity contribution in [3.63, 3.8) is 0 Å². The van der Waals surface area contributed by atoms with Crippen LogP contribution in [0, 0.1) is 17.1 Å². The van der Waals surface area contributed by atoms with Gasteiger partial charge < -0.3 is 25.2 Å². The van der Waals surface area contributed by atoms with Crippen molar-refractivity contribution in [2.24, 2.45) is 0 Å². The minimum Gasteiger partial charge on any atom is -0.444 e. The number of piperidine rings is 1. The molecule has 0 aliphatic carbocycles. The van der Waals surface area contributed by atoms with Crippen LogP contribution in [0.3, 0.4) is 0 Å². The van der Waals surface area contributed by atoms with E-state index in [4.69, 9.17) is 27.9 Å². The number of fused-ring (bicyclic) bond motifs is 1. The second-order valence-electron chi connectivity index (χ2n) is 14.0. The molecule has 5 aromatic rings. The van der Waals surface area contributed by atoms with E-state index in [0.29, 0.717) is 70.2 Å². The summed E-state index contributed by atoms with van der Waals surface area (Å²) in [5, 5.41) is 26.6. The summed E-state index contributed by atoms with van der Waals surface area (Å²) in [6, 6.07) is 16.5. The number of hydrogen-bond donors (Lipinski definition) is 2. The minimum atomic E-state index is -0.603. The Kier molecular flexibility index (Phi) is 10.7. The molecule has 1 aliphatic rings. The number of nitrogens with one attached hydrogen (secondary N) is 2. The molecule has 6 rings (SSSR count). The zero-order valence-corrected chi connectivity index (χ0v) is 31.3. The number of anilines is 3. The van der Waals surface area contributed by atoms with Crippen molar-refractivity contribution in [1.29, 1.82) is 5.26 Å². The Labute approximate surface area is 316 Å². The SMILES string of the molecule is CN(C)C(=O)c1cccc([C@H](Nc2cc(Cl)c3ncc(C#N)c(Nc4ccc(F)c(Cl)c4)c3c2)c2cn(C3CCN(C(=O)OC(C)(C)C)CC3)nn2)c1. The molecule has 3 heterocycles. The maximum atomic E-state index is 14.0. The van der Waals surface area contributed by atoms with Crippen molar-refractivity contribution in [1.82, 2.24) is 29.8 Å². The molecule has 15 heteroatoms. The highest BCUT2D eigenvalue weighted by Gasteiger charge is 2.29. The van der Waals surface area contributed by atoms with Gasteiger partial charge in [-0.05, 0) is 81.6 Å². The zero-order valence-electron chi connectivity index (χ0n) is 29.8. The van der Waals surface area contributed by atoms with Crippen molar-refractivity contribution in [3.05, 3.63) is 105 Å². The minimum absolute atomic E-state index is 0.00331. The van der Waals surface area contributed by atoms with Crippen LogP contribution in [-0.4, -0.2) is 74.6 Å². The molecule has 0 bridgehead atoms. The molecule has 0 radical (unpaired) electrons. The fourth-order valence-electron chi connectivity index (χ4n) is 6.13. The van der Waals surface area contributed by atoms with E-state index in [9.17, 15) is 19.2 Å². The number of amides is 2. The fraction of sp³-hybridized carbons (Fsp3) is 0.316. The first kappa shape index (κ1) is 37.3. The number of ether oxygens (including phenoxy) is 1. The predicted molar refractivity (Wildman–Crippen MR) is 202 cm³/mol. The molecule has 53 heavy (non-hydrogen) atoms. The van der Waals surface area contributed by atoms with Crippen LogP contribution < -0.4 is 10.6 Å². The maximum Gasteiger partial charge on any atom is 0.410 e. The second kappa shape index (κ2) is 15.3. The molecule has 1 atom stereocenters. The number of nitrogens with zero attached hydrogens (tertiary/aromatic N) is 7. The molecule has 0 spiro atoms. The van der Waals surface area contributed by atoms with E-state index < -0.39 is 17.5 Å². The van der Waals surface area contributed by atoms with Crippen LogP contribution in [0.15, 0.2) is 67.0 Å². The number of halogens is 3. The average molecular weight is 759 g/mol. The lowest BCUT2D eigenvalue weighted by Crippen LogP contribution is -2.42. The first-order valence-electron chi connectivity index (χ1n) is 16.9. The Morgan fingerprint density at radius 1 is 1.06 bits per heavy atom. The molecule has 3 aromatic carbocycles. The molecule has 2 amide bonds. The van der Waals surface area contributed by atoms with Gasteiger partial charge >= 0.3 is 6.09 Å². The van der Waals surface area contributed by atoms with E-state index in [2.05, 4.69) is 32.0 Å². The highest BCUT2D eigenvalue weighted by Crippen LogP contribution is 2.37. The highest BCUT2D eigenvalue weighted by atomic mass is 35.5. The summed E-state index contributed by atoms with van der Waals surface area (Å²) in [4.78, 5) is 33.3. The molecule has 274 valence electrons. The Morgan fingerprint density at radius 2 is 1.79 bits per heavy atom. The molecular weight excluding hydrogens is 720 g/mol. The highest BCUT2D eigenvalue weighted by molar-refractivity contribution is 6.36. The molecule has 0 unspecified atom stereocenters. The summed E-state index contributed by atoms with van der Waals surface area (Å²) in [5.74, 6) is -0.733. The Balaban J connectivity index is 1.36. The van der Waals surface area contributed by atoms with Gasteiger partial charge in [0.15, 0.2) is 0 Å². The summed E-state index contributed by atoms with van der Waals surface area (Å²) in [7, 11) is 3.38. The van der Waals surface area contributed by atoms with Gasteiger partial charge in [0.05, 0.1) is 45.1 Å². The normalized spacial score (nSPS) is 14.1. The Hall–Kier alpha value is -5.45. The summed E-state index contributed by atoms with van der Waals surface area (Å²) in [6.07, 6.45) is 4.28. The molecule has 0 saturated carbocycles. The summed E-state index contributed by atoms with van der Waals surface area (Å²) >= 11 is 12.9. The van der Waals surface area contributed by atoms with Crippen molar-refractivity contribution in [3.8, 4) is 6.07 Å². The number of rotatable bonds is 8. The lowest BCUT2D eigenvalue weighted by molar-refractivity contribution is 0.0184. The molecular formula is C38H38Cl2FN9O3. The third kappa shape index (κ3) is 8.45. The van der Waals surface area contributed by atoms with Crippen LogP contribution in [0.2, 0.25) is 10.0 Å². The molecule has 2 aromatic heterocycles. The van der Waals surface area contributed by atoms with Gasteiger partial charge in [-0.2, -0.15) is 5.26 Å². The quantitative estimate of drug-likeness (QED) is 0.160. The number of likely N-dealkylation sites (tertiary alicyclic amines) is 1. The van der Waals surface area contributed by atoms with E-state index in [1.54, 1.807) is 37.2 Å². The smallest absolute Gasteiger partial charge is 0.410 e. The van der Waals surface area contributed by atoms with Crippen molar-refractivity contribution >= 4 is 63.2 Å². The zero-order chi connectivity index (χ0) is 38.0. The predicted octanol–water partition coefficient (Wildman–Crippen LogP) is 8.36. The standard InChI is InChI=1S/C38H38Cl2FN9O3/c1-38(2,3)53-37(52)49-13-11-27(12-14-49)50-21-32(46-47-50)34(22-7-6-8-23(15-22)36(51)48(4)5)45-26-16-28-33(44-25-9-10-31(41)29(39)17-25)24(19-42)20-43-35(28)30(40)18-26/h6-10,15-18,20-21,27,34,45H,11-14H2,1-5H3,(H,43,44)/t34-/m0/s1. The molecule has 2 N–H and O–H groups in total. The van der Waals surface area contributed by atoms with Crippen LogP contribution in [0.4, 0.5) is 26.2 Å². The summed E-state index contributed by atoms with van der Waals surface area (Å²) < 4.78 is 21.3. The third-order valence-electron chi connectivity index (χ3n) is 8.73. The number of benzene rings is 3. The monoisotopic (exact) mass is 757 g/mol. The largest absolute Gasteiger partial charge is 0.444 e. The summed E-state index contributed by atoms with van der Waals surface area (Å²) in [6.45, 7) is 6.56. The number of carbonyl (C=O) groups is 2. The van der Waals surface area contributed by atoms with Gasteiger partial charge in [-0.1, -0.05) is 40.5 Å². The average Bonchev–Trinajstić information content (AvgIpc) is 3.61. The summed E-state index contributed by atoms with van der Waals surface area (Å²) in [5.41, 5.74) is 3.33. The van der Waals surface area contributed by atoms with Crippen molar-refractivity contribution in [2.45, 2.75) is 51.3 Å². The van der Waals surface area contributed by atoms with E-state index in [0.717, 1.165) is 5.56 Å². The number of pyridine rings is 1. The van der Waals surface area contributed by atoms with E-state index in [1.807, 2.05) is 49.8 Å². The van der Waals surface area contributed by atoms with E-state index in [1.165, 1.54) is 29.3 Å². The van der Waals surface area contributed by atoms with Crippen LogP contribution in [0.5, 0.6) is 0 Å². The fourth-order valence-corrected chi connectivity index (χ4v) is 6.57. The number of hydrogen-bond acceptors (Lipinski definition) is 9. The van der Waals surface area contributed by atoms with Crippen LogP contribution in [-0.2, 0) is 4.74 Å². The topological polar surface area (TPSA) is 141 Å². The molecule has 1 aliphatic heterocycles. The molecule has 1 saturated heterocycles. The first-order chi connectivity index (χ1) is 25.2. The first-order valence-corrected chi connectivity index (χ1v) is 17.7. The van der Waals surface area contributed by atoms with Gasteiger partial charge in [-0.3, -0.25) is 9.78 Å². The van der Waals surface area contributed by atoms with Crippen LogP contribution >= 0.6 is 23.2 Å². The number of carbonyl (C=O) groups excluding carboxylic acids is 2. The molecule has 12 nitrogen and oxygen atoms in total. The van der Waals surface area contributed by atoms with Gasteiger partial charge in [0.25, 0.3) is 5.91 Å². The second-order valence-corrected chi connectivity index (χ2v) is 14.8. The Morgan fingerprint density at radius 3 is 2.47 bits per heavy atom. The Bertz CT molecular complexity index is 2220. The van der Waals surface area contributed by atoms with Gasteiger partial charge in [0, 0.05) is 55.7 Å². The lowest BCUT2D eigenvalue weighted by atomic mass is 10.00.